The summed E-state index contributed by atoms with van der Waals surface area (Å²) >= 11 is 0. The molecule has 0 nitrogen and oxygen atoms in total. The van der Waals surface area contributed by atoms with E-state index in [1.54, 1.807) is 0 Å². The Morgan fingerprint density at radius 3 is 1.75 bits per heavy atom. The topological polar surface area (TPSA) is 0 Å². The Hall–Kier alpha value is 0.571. The summed E-state index contributed by atoms with van der Waals surface area (Å²) in [6.07, 6.45) is -1.12. The predicted octanol–water partition coefficient (Wildman–Crippen LogP) is 0.354. The molecule has 0 spiro atoms. The standard InChI is InChI=1S/C9H7BF5.K/c11-9(12)6-8(9,10(13,14)15)7-4-2-1-3-5-7;/h1-5H,6H2;/q-1;+1. The fourth-order valence-corrected chi connectivity index (χ4v) is 1.90. The molecule has 7 heteroatoms. The average Bonchev–Trinajstić information content (AvgIpc) is 2.72. The molecule has 0 aromatic heterocycles. The number of alkyl halides is 2. The quantitative estimate of drug-likeness (QED) is 0.532. The van der Waals surface area contributed by atoms with Crippen LogP contribution in [0.2, 0.25) is 0 Å². The fourth-order valence-electron chi connectivity index (χ4n) is 1.90. The van der Waals surface area contributed by atoms with Crippen LogP contribution in [0.25, 0.3) is 0 Å². The maximum atomic E-state index is 12.9. The summed E-state index contributed by atoms with van der Waals surface area (Å²) in [7, 11) is 0. The Morgan fingerprint density at radius 1 is 1.00 bits per heavy atom. The van der Waals surface area contributed by atoms with Crippen molar-refractivity contribution in [3.63, 3.8) is 0 Å². The van der Waals surface area contributed by atoms with E-state index >= 15 is 0 Å². The molecule has 1 aliphatic carbocycles. The summed E-state index contributed by atoms with van der Waals surface area (Å²) in [5.74, 6) is -3.65. The van der Waals surface area contributed by atoms with E-state index in [9.17, 15) is 21.7 Å². The van der Waals surface area contributed by atoms with Gasteiger partial charge in [0.05, 0.1) is 0 Å². The van der Waals surface area contributed by atoms with Gasteiger partial charge in [0.2, 0.25) is 5.92 Å². The van der Waals surface area contributed by atoms with Crippen LogP contribution < -0.4 is 51.4 Å². The molecule has 0 aliphatic heterocycles. The third-order valence-electron chi connectivity index (χ3n) is 2.88. The second kappa shape index (κ2) is 4.35. The molecule has 0 heterocycles. The van der Waals surface area contributed by atoms with Crippen molar-refractivity contribution >= 4 is 6.98 Å². The first-order valence-electron chi connectivity index (χ1n) is 4.44. The van der Waals surface area contributed by atoms with E-state index in [1.165, 1.54) is 18.2 Å². The molecule has 2 rings (SSSR count). The SMILES string of the molecule is F[B-](F)(F)C1(c2ccccc2)CC1(F)F.[K+]. The van der Waals surface area contributed by atoms with Crippen molar-refractivity contribution in [1.82, 2.24) is 0 Å². The molecular weight excluding hydrogens is 253 g/mol. The van der Waals surface area contributed by atoms with Crippen molar-refractivity contribution in [1.29, 1.82) is 0 Å². The van der Waals surface area contributed by atoms with Crippen LogP contribution in [-0.4, -0.2) is 12.9 Å². The molecule has 0 bridgehead atoms. The van der Waals surface area contributed by atoms with Gasteiger partial charge in [0.25, 0.3) is 0 Å². The molecule has 1 saturated carbocycles. The first-order valence-corrected chi connectivity index (χ1v) is 4.44. The Bertz CT molecular complexity index is 377. The van der Waals surface area contributed by atoms with Gasteiger partial charge in [-0.25, -0.2) is 8.78 Å². The second-order valence-corrected chi connectivity index (χ2v) is 3.79. The van der Waals surface area contributed by atoms with Crippen LogP contribution in [0.5, 0.6) is 0 Å². The molecule has 1 aromatic carbocycles. The van der Waals surface area contributed by atoms with E-state index < -0.39 is 24.6 Å². The molecule has 0 radical (unpaired) electrons. The van der Waals surface area contributed by atoms with Gasteiger partial charge in [-0.3, -0.25) is 0 Å². The molecule has 0 N–H and O–H groups in total. The molecule has 1 unspecified atom stereocenters. The number of halogens is 5. The monoisotopic (exact) mass is 260 g/mol. The first-order chi connectivity index (χ1) is 6.81. The largest absolute Gasteiger partial charge is 1.00 e. The van der Waals surface area contributed by atoms with E-state index in [0.717, 1.165) is 12.1 Å². The zero-order chi connectivity index (χ0) is 11.3. The molecule has 1 aromatic rings. The van der Waals surface area contributed by atoms with E-state index in [0.29, 0.717) is 0 Å². The summed E-state index contributed by atoms with van der Waals surface area (Å²) in [5.41, 5.74) is -0.331. The van der Waals surface area contributed by atoms with Crippen LogP contribution in [-0.2, 0) is 5.31 Å². The number of benzene rings is 1. The average molecular weight is 260 g/mol. The molecular formula is C9H7BF5K. The van der Waals surface area contributed by atoms with E-state index in [-0.39, 0.29) is 56.9 Å². The van der Waals surface area contributed by atoms with Gasteiger partial charge in [-0.2, -0.15) is 0 Å². The molecule has 16 heavy (non-hydrogen) atoms. The van der Waals surface area contributed by atoms with Gasteiger partial charge < -0.3 is 12.9 Å². The molecule has 0 saturated heterocycles. The van der Waals surface area contributed by atoms with Gasteiger partial charge >= 0.3 is 58.4 Å². The molecule has 1 fully saturated rings. The van der Waals surface area contributed by atoms with Crippen molar-refractivity contribution in [2.75, 3.05) is 0 Å². The van der Waals surface area contributed by atoms with Gasteiger partial charge in [0, 0.05) is 11.7 Å². The normalized spacial score (nSPS) is 27.1. The predicted molar refractivity (Wildman–Crippen MR) is 46.8 cm³/mol. The molecule has 0 amide bonds. The van der Waals surface area contributed by atoms with Crippen LogP contribution in [0, 0.1) is 0 Å². The third-order valence-corrected chi connectivity index (χ3v) is 2.88. The number of rotatable bonds is 2. The minimum Gasteiger partial charge on any atom is -0.448 e. The third kappa shape index (κ3) is 2.01. The minimum atomic E-state index is -5.58. The van der Waals surface area contributed by atoms with Gasteiger partial charge in [-0.1, -0.05) is 35.9 Å². The Kier molecular flexibility index (Phi) is 3.98. The minimum absolute atomic E-state index is 0. The van der Waals surface area contributed by atoms with Crippen molar-refractivity contribution in [3.8, 4) is 0 Å². The smallest absolute Gasteiger partial charge is 0.448 e. The van der Waals surface area contributed by atoms with Gasteiger partial charge in [0.1, 0.15) is 0 Å². The Labute approximate surface area is 132 Å². The maximum Gasteiger partial charge on any atom is 1.00 e. The van der Waals surface area contributed by atoms with Crippen molar-refractivity contribution in [2.45, 2.75) is 17.7 Å². The van der Waals surface area contributed by atoms with Crippen molar-refractivity contribution < 1.29 is 73.1 Å². The Balaban J connectivity index is 0.00000128. The Morgan fingerprint density at radius 2 is 1.44 bits per heavy atom. The maximum absolute atomic E-state index is 12.9. The van der Waals surface area contributed by atoms with E-state index in [1.807, 2.05) is 0 Å². The fraction of sp³-hybridized carbons (Fsp3) is 0.333. The van der Waals surface area contributed by atoms with Crippen LogP contribution in [0.3, 0.4) is 0 Å². The van der Waals surface area contributed by atoms with Crippen molar-refractivity contribution in [2.24, 2.45) is 0 Å². The van der Waals surface area contributed by atoms with Gasteiger partial charge in [0.15, 0.2) is 0 Å². The van der Waals surface area contributed by atoms with E-state index in [4.69, 9.17) is 0 Å². The van der Waals surface area contributed by atoms with Crippen LogP contribution in [0.4, 0.5) is 21.7 Å². The molecule has 82 valence electrons. The van der Waals surface area contributed by atoms with Gasteiger partial charge in [-0.05, 0) is 0 Å². The van der Waals surface area contributed by atoms with E-state index in [2.05, 4.69) is 0 Å². The van der Waals surface area contributed by atoms with Gasteiger partial charge in [-0.15, -0.1) is 0 Å². The van der Waals surface area contributed by atoms with Crippen LogP contribution in [0.1, 0.15) is 12.0 Å². The molecule has 1 aliphatic rings. The summed E-state index contributed by atoms with van der Waals surface area (Å²) in [4.78, 5) is 0. The summed E-state index contributed by atoms with van der Waals surface area (Å²) in [6, 6.07) is 6.40. The zero-order valence-corrected chi connectivity index (χ0v) is 11.7. The number of hydrogen-bond donors (Lipinski definition) is 0. The van der Waals surface area contributed by atoms with Crippen molar-refractivity contribution in [3.05, 3.63) is 35.9 Å². The molecule has 1 atom stereocenters. The summed E-state index contributed by atoms with van der Waals surface area (Å²) < 4.78 is 63.8. The van der Waals surface area contributed by atoms with Crippen LogP contribution in [0.15, 0.2) is 30.3 Å². The zero-order valence-electron chi connectivity index (χ0n) is 8.56. The number of hydrogen-bond acceptors (Lipinski definition) is 0. The first kappa shape index (κ1) is 14.6. The second-order valence-electron chi connectivity index (χ2n) is 3.79. The van der Waals surface area contributed by atoms with Crippen LogP contribution >= 0.6 is 0 Å². The summed E-state index contributed by atoms with van der Waals surface area (Å²) in [6.45, 7) is -5.58. The summed E-state index contributed by atoms with van der Waals surface area (Å²) in [5, 5.41) is -2.89.